The van der Waals surface area contributed by atoms with Crippen LogP contribution in [0.15, 0.2) is 24.8 Å². The minimum atomic E-state index is -0.179. The maximum atomic E-state index is 12.5. The predicted molar refractivity (Wildman–Crippen MR) is 97.8 cm³/mol. The minimum Gasteiger partial charge on any atom is -0.378 e. The third-order valence-corrected chi connectivity index (χ3v) is 4.47. The summed E-state index contributed by atoms with van der Waals surface area (Å²) in [6.45, 7) is 4.39. The van der Waals surface area contributed by atoms with Crippen molar-refractivity contribution in [3.05, 3.63) is 36.2 Å². The van der Waals surface area contributed by atoms with Crippen LogP contribution in [0, 0.1) is 6.92 Å². The lowest BCUT2D eigenvalue weighted by Gasteiger charge is -2.33. The van der Waals surface area contributed by atoms with Crippen molar-refractivity contribution in [3.63, 3.8) is 0 Å². The fraction of sp³-hybridized carbons (Fsp3) is 0.556. The first-order chi connectivity index (χ1) is 12.5. The van der Waals surface area contributed by atoms with E-state index in [0.29, 0.717) is 32.7 Å². The number of rotatable bonds is 6. The minimum absolute atomic E-state index is 0.152. The number of aromatic nitrogens is 4. The Morgan fingerprint density at radius 2 is 2.23 bits per heavy atom. The van der Waals surface area contributed by atoms with Gasteiger partial charge in [0.15, 0.2) is 0 Å². The van der Waals surface area contributed by atoms with Gasteiger partial charge in [-0.15, -0.1) is 0 Å². The Labute approximate surface area is 153 Å². The van der Waals surface area contributed by atoms with E-state index in [0.717, 1.165) is 23.5 Å². The zero-order valence-electron chi connectivity index (χ0n) is 15.6. The van der Waals surface area contributed by atoms with Gasteiger partial charge in [0.1, 0.15) is 18.8 Å². The molecular weight excluding hydrogens is 332 g/mol. The van der Waals surface area contributed by atoms with E-state index in [4.69, 9.17) is 4.74 Å². The molecule has 140 valence electrons. The van der Waals surface area contributed by atoms with Gasteiger partial charge in [-0.3, -0.25) is 14.5 Å². The second kappa shape index (κ2) is 8.27. The lowest BCUT2D eigenvalue weighted by atomic mass is 10.1. The standard InChI is InChI=1S/C18H26N6O2/c1-14-9-15(22(2)3)10-16(21-14)17-11-23(7-8-26-17)18(25)5-4-6-24-13-19-12-20-24/h9-10,12-13,17H,4-8,11H2,1-3H3. The summed E-state index contributed by atoms with van der Waals surface area (Å²) in [6, 6.07) is 4.08. The predicted octanol–water partition coefficient (Wildman–Crippen LogP) is 1.43. The summed E-state index contributed by atoms with van der Waals surface area (Å²) in [6.07, 6.45) is 4.24. The molecule has 0 spiro atoms. The number of carbonyl (C=O) groups excluding carboxylic acids is 1. The zero-order valence-corrected chi connectivity index (χ0v) is 15.6. The molecule has 1 saturated heterocycles. The lowest BCUT2D eigenvalue weighted by molar-refractivity contribution is -0.139. The Kier molecular flexibility index (Phi) is 5.82. The second-order valence-corrected chi connectivity index (χ2v) is 6.75. The number of nitrogens with zero attached hydrogens (tertiary/aromatic N) is 6. The molecule has 0 aromatic carbocycles. The van der Waals surface area contributed by atoms with Gasteiger partial charge in [0, 0.05) is 45.0 Å². The van der Waals surface area contributed by atoms with Gasteiger partial charge in [0.2, 0.25) is 5.91 Å². The van der Waals surface area contributed by atoms with E-state index in [9.17, 15) is 4.79 Å². The molecule has 8 nitrogen and oxygen atoms in total. The van der Waals surface area contributed by atoms with E-state index < -0.39 is 0 Å². The molecule has 1 fully saturated rings. The van der Waals surface area contributed by atoms with Crippen LogP contribution in [0.5, 0.6) is 0 Å². The molecule has 0 radical (unpaired) electrons. The fourth-order valence-corrected chi connectivity index (χ4v) is 3.05. The van der Waals surface area contributed by atoms with Gasteiger partial charge in [0.25, 0.3) is 0 Å². The highest BCUT2D eigenvalue weighted by molar-refractivity contribution is 5.76. The molecule has 1 amide bonds. The van der Waals surface area contributed by atoms with E-state index in [-0.39, 0.29) is 12.0 Å². The molecule has 0 N–H and O–H groups in total. The average Bonchev–Trinajstić information content (AvgIpc) is 3.14. The highest BCUT2D eigenvalue weighted by Crippen LogP contribution is 2.25. The van der Waals surface area contributed by atoms with Gasteiger partial charge >= 0.3 is 0 Å². The van der Waals surface area contributed by atoms with Gasteiger partial charge in [-0.1, -0.05) is 0 Å². The number of amides is 1. The number of carbonyl (C=O) groups is 1. The summed E-state index contributed by atoms with van der Waals surface area (Å²) in [5.41, 5.74) is 2.92. The summed E-state index contributed by atoms with van der Waals surface area (Å²) < 4.78 is 7.65. The van der Waals surface area contributed by atoms with Gasteiger partial charge < -0.3 is 14.5 Å². The SMILES string of the molecule is Cc1cc(N(C)C)cc(C2CN(C(=O)CCCn3cncn3)CCO2)n1. The van der Waals surface area contributed by atoms with Gasteiger partial charge in [-0.05, 0) is 25.5 Å². The number of hydrogen-bond donors (Lipinski definition) is 0. The number of pyridine rings is 1. The molecule has 0 aliphatic carbocycles. The van der Waals surface area contributed by atoms with Crippen molar-refractivity contribution in [2.24, 2.45) is 0 Å². The first-order valence-corrected chi connectivity index (χ1v) is 8.90. The smallest absolute Gasteiger partial charge is 0.222 e. The Bertz CT molecular complexity index is 731. The molecule has 1 aliphatic rings. The Balaban J connectivity index is 1.59. The van der Waals surface area contributed by atoms with Crippen molar-refractivity contribution >= 4 is 11.6 Å². The average molecular weight is 358 g/mol. The normalized spacial score (nSPS) is 17.3. The van der Waals surface area contributed by atoms with E-state index in [1.807, 2.05) is 43.0 Å². The summed E-state index contributed by atoms with van der Waals surface area (Å²) in [5.74, 6) is 0.152. The van der Waals surface area contributed by atoms with Crippen LogP contribution in [0.3, 0.4) is 0 Å². The third-order valence-electron chi connectivity index (χ3n) is 4.47. The van der Waals surface area contributed by atoms with E-state index >= 15 is 0 Å². The van der Waals surface area contributed by atoms with Crippen LogP contribution in [-0.4, -0.2) is 64.3 Å². The quantitative estimate of drug-likeness (QED) is 0.777. The van der Waals surface area contributed by atoms with Crippen LogP contribution in [0.25, 0.3) is 0 Å². The summed E-state index contributed by atoms with van der Waals surface area (Å²) in [7, 11) is 4.01. The number of aryl methyl sites for hydroxylation is 2. The van der Waals surface area contributed by atoms with Crippen molar-refractivity contribution < 1.29 is 9.53 Å². The molecule has 1 unspecified atom stereocenters. The molecule has 0 bridgehead atoms. The Hall–Kier alpha value is -2.48. The Morgan fingerprint density at radius 1 is 1.38 bits per heavy atom. The van der Waals surface area contributed by atoms with Gasteiger partial charge in [-0.25, -0.2) is 4.98 Å². The molecule has 1 atom stereocenters. The van der Waals surface area contributed by atoms with Crippen molar-refractivity contribution in [2.45, 2.75) is 32.4 Å². The summed E-state index contributed by atoms with van der Waals surface area (Å²) in [4.78, 5) is 25.0. The van der Waals surface area contributed by atoms with Crippen LogP contribution in [-0.2, 0) is 16.1 Å². The topological polar surface area (TPSA) is 76.4 Å². The van der Waals surface area contributed by atoms with Crippen LogP contribution >= 0.6 is 0 Å². The maximum absolute atomic E-state index is 12.5. The first-order valence-electron chi connectivity index (χ1n) is 8.90. The molecule has 1 aliphatic heterocycles. The molecule has 2 aromatic rings. The first kappa shape index (κ1) is 18.3. The molecule has 26 heavy (non-hydrogen) atoms. The lowest BCUT2D eigenvalue weighted by Crippen LogP contribution is -2.42. The molecule has 2 aromatic heterocycles. The Morgan fingerprint density at radius 3 is 2.96 bits per heavy atom. The monoisotopic (exact) mass is 358 g/mol. The number of morpholine rings is 1. The van der Waals surface area contributed by atoms with Crippen molar-refractivity contribution in [2.75, 3.05) is 38.7 Å². The molecular formula is C18H26N6O2. The van der Waals surface area contributed by atoms with Crippen LogP contribution < -0.4 is 4.90 Å². The second-order valence-electron chi connectivity index (χ2n) is 6.75. The summed E-state index contributed by atoms with van der Waals surface area (Å²) in [5, 5.41) is 4.06. The highest BCUT2D eigenvalue weighted by Gasteiger charge is 2.26. The third kappa shape index (κ3) is 4.57. The van der Waals surface area contributed by atoms with E-state index in [2.05, 4.69) is 15.1 Å². The largest absolute Gasteiger partial charge is 0.378 e. The van der Waals surface area contributed by atoms with Gasteiger partial charge in [0.05, 0.1) is 18.8 Å². The van der Waals surface area contributed by atoms with Crippen LogP contribution in [0.1, 0.15) is 30.3 Å². The molecule has 8 heteroatoms. The van der Waals surface area contributed by atoms with Crippen molar-refractivity contribution in [1.82, 2.24) is 24.6 Å². The number of anilines is 1. The fourth-order valence-electron chi connectivity index (χ4n) is 3.05. The van der Waals surface area contributed by atoms with E-state index in [1.165, 1.54) is 6.33 Å². The number of ether oxygens (including phenoxy) is 1. The maximum Gasteiger partial charge on any atom is 0.222 e. The van der Waals surface area contributed by atoms with E-state index in [1.54, 1.807) is 11.0 Å². The zero-order chi connectivity index (χ0) is 18.5. The molecule has 0 saturated carbocycles. The van der Waals surface area contributed by atoms with Gasteiger partial charge in [-0.2, -0.15) is 5.10 Å². The molecule has 3 heterocycles. The van der Waals surface area contributed by atoms with Crippen molar-refractivity contribution in [1.29, 1.82) is 0 Å². The molecule has 3 rings (SSSR count). The van der Waals surface area contributed by atoms with Crippen LogP contribution in [0.4, 0.5) is 5.69 Å². The van der Waals surface area contributed by atoms with Crippen LogP contribution in [0.2, 0.25) is 0 Å². The summed E-state index contributed by atoms with van der Waals surface area (Å²) >= 11 is 0. The van der Waals surface area contributed by atoms with Crippen molar-refractivity contribution in [3.8, 4) is 0 Å². The highest BCUT2D eigenvalue weighted by atomic mass is 16.5. The number of hydrogen-bond acceptors (Lipinski definition) is 6.